The number of nitrogens with one attached hydrogen (secondary N) is 1. The summed E-state index contributed by atoms with van der Waals surface area (Å²) in [6.07, 6.45) is 4.00. The Bertz CT molecular complexity index is 733. The summed E-state index contributed by atoms with van der Waals surface area (Å²) in [5.41, 5.74) is 3.19. The average molecular weight is 342 g/mol. The van der Waals surface area contributed by atoms with Crippen molar-refractivity contribution in [3.63, 3.8) is 0 Å². The molecule has 4 nitrogen and oxygen atoms in total. The monoisotopic (exact) mass is 342 g/mol. The molecule has 1 amide bonds. The number of rotatable bonds is 5. The van der Waals surface area contributed by atoms with Crippen LogP contribution in [0.3, 0.4) is 0 Å². The van der Waals surface area contributed by atoms with Crippen molar-refractivity contribution in [2.24, 2.45) is 0 Å². The molecule has 3 rings (SSSR count). The fourth-order valence-electron chi connectivity index (χ4n) is 3.02. The van der Waals surface area contributed by atoms with E-state index in [1.54, 1.807) is 18.9 Å². The summed E-state index contributed by atoms with van der Waals surface area (Å²) >= 11 is 1.67. The van der Waals surface area contributed by atoms with E-state index in [-0.39, 0.29) is 5.91 Å². The predicted octanol–water partition coefficient (Wildman–Crippen LogP) is 3.81. The van der Waals surface area contributed by atoms with Crippen LogP contribution in [0.25, 0.3) is 0 Å². The third-order valence-electron chi connectivity index (χ3n) is 4.24. The molecule has 0 unspecified atom stereocenters. The summed E-state index contributed by atoms with van der Waals surface area (Å²) in [4.78, 5) is 15.7. The molecular weight excluding hydrogens is 320 g/mol. The van der Waals surface area contributed by atoms with Gasteiger partial charge in [-0.15, -0.1) is 11.8 Å². The summed E-state index contributed by atoms with van der Waals surface area (Å²) < 4.78 is 5.29. The van der Waals surface area contributed by atoms with Crippen molar-refractivity contribution in [2.45, 2.75) is 17.7 Å². The Morgan fingerprint density at radius 1 is 1.29 bits per heavy atom. The summed E-state index contributed by atoms with van der Waals surface area (Å²) in [5.74, 6) is 0.937. The number of methoxy groups -OCH3 is 1. The zero-order chi connectivity index (χ0) is 16.9. The molecule has 1 N–H and O–H groups in total. The second kappa shape index (κ2) is 7.62. The normalized spacial score (nSPS) is 13.3. The van der Waals surface area contributed by atoms with Crippen LogP contribution in [0.5, 0.6) is 5.75 Å². The van der Waals surface area contributed by atoms with E-state index in [9.17, 15) is 4.79 Å². The second-order valence-corrected chi connectivity index (χ2v) is 6.55. The van der Waals surface area contributed by atoms with Crippen molar-refractivity contribution in [3.05, 3.63) is 48.0 Å². The number of aryl methyl sites for hydroxylation is 1. The second-order valence-electron chi connectivity index (χ2n) is 5.70. The van der Waals surface area contributed by atoms with Gasteiger partial charge in [0.05, 0.1) is 13.7 Å². The Morgan fingerprint density at radius 3 is 2.92 bits per heavy atom. The number of benzene rings is 2. The molecule has 0 radical (unpaired) electrons. The van der Waals surface area contributed by atoms with Crippen molar-refractivity contribution < 1.29 is 9.53 Å². The minimum Gasteiger partial charge on any atom is -0.497 e. The average Bonchev–Trinajstić information content (AvgIpc) is 2.65. The lowest BCUT2D eigenvalue weighted by Crippen LogP contribution is -2.39. The molecule has 126 valence electrons. The Hall–Kier alpha value is -2.14. The number of thioether (sulfide) groups is 1. The highest BCUT2D eigenvalue weighted by Gasteiger charge is 2.22. The summed E-state index contributed by atoms with van der Waals surface area (Å²) in [6, 6.07) is 14.0. The molecule has 0 spiro atoms. The molecule has 0 saturated carbocycles. The van der Waals surface area contributed by atoms with Gasteiger partial charge in [-0.3, -0.25) is 4.79 Å². The van der Waals surface area contributed by atoms with Gasteiger partial charge in [0, 0.05) is 22.8 Å². The molecule has 1 aliphatic heterocycles. The van der Waals surface area contributed by atoms with Crippen LogP contribution in [0.2, 0.25) is 0 Å². The number of hydrogen-bond acceptors (Lipinski definition) is 4. The fourth-order valence-corrected chi connectivity index (χ4v) is 3.59. The van der Waals surface area contributed by atoms with Crippen LogP contribution in [0.1, 0.15) is 12.0 Å². The van der Waals surface area contributed by atoms with Gasteiger partial charge in [0.2, 0.25) is 5.91 Å². The maximum Gasteiger partial charge on any atom is 0.246 e. The SMILES string of the molecule is COc1ccc2c(c1)CCCN2C(=O)CNc1ccccc1SC. The minimum absolute atomic E-state index is 0.0945. The number of nitrogens with zero attached hydrogens (tertiary/aromatic N) is 1. The lowest BCUT2D eigenvalue weighted by atomic mass is 10.0. The number of para-hydroxylation sites is 1. The van der Waals surface area contributed by atoms with Gasteiger partial charge in [-0.2, -0.15) is 0 Å². The Kier molecular flexibility index (Phi) is 5.30. The van der Waals surface area contributed by atoms with Crippen molar-refractivity contribution in [1.82, 2.24) is 0 Å². The van der Waals surface area contributed by atoms with E-state index in [4.69, 9.17) is 4.74 Å². The number of carbonyl (C=O) groups is 1. The van der Waals surface area contributed by atoms with Crippen LogP contribution in [-0.2, 0) is 11.2 Å². The topological polar surface area (TPSA) is 41.6 Å². The van der Waals surface area contributed by atoms with E-state index < -0.39 is 0 Å². The highest BCUT2D eigenvalue weighted by Crippen LogP contribution is 2.31. The molecule has 5 heteroatoms. The van der Waals surface area contributed by atoms with Crippen molar-refractivity contribution in [3.8, 4) is 5.75 Å². The number of amides is 1. The molecule has 0 saturated heterocycles. The molecule has 24 heavy (non-hydrogen) atoms. The summed E-state index contributed by atoms with van der Waals surface area (Å²) in [6.45, 7) is 1.06. The highest BCUT2D eigenvalue weighted by atomic mass is 32.2. The molecule has 2 aromatic carbocycles. The van der Waals surface area contributed by atoms with E-state index in [0.29, 0.717) is 6.54 Å². The van der Waals surface area contributed by atoms with Gasteiger partial charge in [-0.1, -0.05) is 12.1 Å². The molecule has 0 bridgehead atoms. The first-order chi connectivity index (χ1) is 11.7. The van der Waals surface area contributed by atoms with Crippen molar-refractivity contribution in [2.75, 3.05) is 36.7 Å². The number of carbonyl (C=O) groups excluding carboxylic acids is 1. The van der Waals surface area contributed by atoms with Crippen LogP contribution >= 0.6 is 11.8 Å². The van der Waals surface area contributed by atoms with Crippen LogP contribution in [-0.4, -0.2) is 32.4 Å². The van der Waals surface area contributed by atoms with Gasteiger partial charge in [0.25, 0.3) is 0 Å². The molecule has 0 fully saturated rings. The van der Waals surface area contributed by atoms with Gasteiger partial charge in [-0.25, -0.2) is 0 Å². The van der Waals surface area contributed by atoms with Gasteiger partial charge < -0.3 is 15.0 Å². The quantitative estimate of drug-likeness (QED) is 0.839. The van der Waals surface area contributed by atoms with E-state index in [1.165, 1.54) is 5.56 Å². The molecular formula is C19H22N2O2S. The molecule has 1 aliphatic rings. The van der Waals surface area contributed by atoms with Crippen LogP contribution < -0.4 is 15.0 Å². The largest absolute Gasteiger partial charge is 0.497 e. The molecule has 0 aliphatic carbocycles. The zero-order valence-corrected chi connectivity index (χ0v) is 14.9. The van der Waals surface area contributed by atoms with E-state index in [2.05, 4.69) is 11.4 Å². The first-order valence-corrected chi connectivity index (χ1v) is 9.29. The van der Waals surface area contributed by atoms with Crippen molar-refractivity contribution in [1.29, 1.82) is 0 Å². The third-order valence-corrected chi connectivity index (χ3v) is 5.04. The maximum absolute atomic E-state index is 12.7. The number of hydrogen-bond donors (Lipinski definition) is 1. The van der Waals surface area contributed by atoms with Gasteiger partial charge in [0.15, 0.2) is 0 Å². The highest BCUT2D eigenvalue weighted by molar-refractivity contribution is 7.98. The van der Waals surface area contributed by atoms with Crippen molar-refractivity contribution >= 4 is 29.0 Å². The summed E-state index contributed by atoms with van der Waals surface area (Å²) in [5, 5.41) is 3.28. The Labute approximate surface area is 147 Å². The first-order valence-electron chi connectivity index (χ1n) is 8.07. The van der Waals surface area contributed by atoms with Gasteiger partial charge >= 0.3 is 0 Å². The van der Waals surface area contributed by atoms with Crippen LogP contribution in [0.15, 0.2) is 47.4 Å². The Morgan fingerprint density at radius 2 is 2.12 bits per heavy atom. The number of ether oxygens (including phenoxy) is 1. The molecule has 0 aromatic heterocycles. The smallest absolute Gasteiger partial charge is 0.246 e. The van der Waals surface area contributed by atoms with E-state index in [0.717, 1.165) is 41.4 Å². The van der Waals surface area contributed by atoms with Gasteiger partial charge in [0.1, 0.15) is 5.75 Å². The lowest BCUT2D eigenvalue weighted by Gasteiger charge is -2.30. The lowest BCUT2D eigenvalue weighted by molar-refractivity contribution is -0.117. The van der Waals surface area contributed by atoms with Crippen LogP contribution in [0.4, 0.5) is 11.4 Å². The van der Waals surface area contributed by atoms with Gasteiger partial charge in [-0.05, 0) is 55.0 Å². The summed E-state index contributed by atoms with van der Waals surface area (Å²) in [7, 11) is 1.67. The maximum atomic E-state index is 12.7. The third kappa shape index (κ3) is 3.51. The zero-order valence-electron chi connectivity index (χ0n) is 14.0. The fraction of sp³-hybridized carbons (Fsp3) is 0.316. The van der Waals surface area contributed by atoms with E-state index >= 15 is 0 Å². The van der Waals surface area contributed by atoms with E-state index in [1.807, 2.05) is 47.6 Å². The first kappa shape index (κ1) is 16.7. The number of anilines is 2. The van der Waals surface area contributed by atoms with Crippen LogP contribution in [0, 0.1) is 0 Å². The minimum atomic E-state index is 0.0945. The standard InChI is InChI=1S/C19H22N2O2S/c1-23-15-9-10-17-14(12-15)6-5-11-21(17)19(22)13-20-16-7-3-4-8-18(16)24-2/h3-4,7-10,12,20H,5-6,11,13H2,1-2H3. The number of fused-ring (bicyclic) bond motifs is 1. The molecule has 1 heterocycles. The molecule has 0 atom stereocenters. The predicted molar refractivity (Wildman–Crippen MR) is 100 cm³/mol. The molecule has 2 aromatic rings. The Balaban J connectivity index is 1.72.